The molecule has 7 heteroatoms. The molecular weight excluding hydrogens is 336 g/mol. The maximum Gasteiger partial charge on any atom is 0.337 e. The number of likely N-dealkylation sites (tertiary alicyclic amines) is 1. The predicted octanol–water partition coefficient (Wildman–Crippen LogP) is 3.47. The van der Waals surface area contributed by atoms with Crippen LogP contribution < -0.4 is 0 Å². The highest BCUT2D eigenvalue weighted by atomic mass is 32.2. The van der Waals surface area contributed by atoms with E-state index in [0.29, 0.717) is 11.5 Å². The van der Waals surface area contributed by atoms with Crippen LogP contribution in [0.25, 0.3) is 0 Å². The third-order valence-corrected chi connectivity index (χ3v) is 5.94. The number of alkyl halides is 2. The van der Waals surface area contributed by atoms with E-state index in [1.165, 1.54) is 24.3 Å². The van der Waals surface area contributed by atoms with Gasteiger partial charge in [-0.2, -0.15) is 8.78 Å². The fourth-order valence-electron chi connectivity index (χ4n) is 3.00. The van der Waals surface area contributed by atoms with E-state index in [9.17, 15) is 22.0 Å². The van der Waals surface area contributed by atoms with Gasteiger partial charge in [0.25, 0.3) is 5.91 Å². The van der Waals surface area contributed by atoms with Gasteiger partial charge in [0.1, 0.15) is 0 Å². The van der Waals surface area contributed by atoms with E-state index in [1.54, 1.807) is 0 Å². The summed E-state index contributed by atoms with van der Waals surface area (Å²) >= 11 is 0. The Bertz CT molecular complexity index is 674. The van der Waals surface area contributed by atoms with Crippen LogP contribution in [0.4, 0.5) is 8.78 Å². The van der Waals surface area contributed by atoms with Crippen molar-refractivity contribution in [2.75, 3.05) is 6.54 Å². The molecule has 1 heterocycles. The van der Waals surface area contributed by atoms with Crippen LogP contribution in [0.3, 0.4) is 0 Å². The largest absolute Gasteiger partial charge is 0.337 e. The molecule has 1 amide bonds. The summed E-state index contributed by atoms with van der Waals surface area (Å²) in [5.74, 6) is -3.71. The zero-order valence-electron chi connectivity index (χ0n) is 13.9. The maximum atomic E-state index is 12.7. The second-order valence-electron chi connectivity index (χ2n) is 6.42. The lowest BCUT2D eigenvalue weighted by Gasteiger charge is -2.38. The first-order chi connectivity index (χ1) is 11.2. The van der Waals surface area contributed by atoms with Crippen molar-refractivity contribution in [1.82, 2.24) is 4.90 Å². The zero-order chi connectivity index (χ0) is 17.9. The first-order valence-electron chi connectivity index (χ1n) is 8.14. The van der Waals surface area contributed by atoms with Crippen molar-refractivity contribution in [2.24, 2.45) is 5.92 Å². The molecule has 0 aliphatic carbocycles. The van der Waals surface area contributed by atoms with Crippen molar-refractivity contribution in [1.29, 1.82) is 0 Å². The number of amides is 1. The van der Waals surface area contributed by atoms with Gasteiger partial charge in [0, 0.05) is 18.2 Å². The van der Waals surface area contributed by atoms with E-state index in [-0.39, 0.29) is 17.5 Å². The Kier molecular flexibility index (Phi) is 5.96. The van der Waals surface area contributed by atoms with Crippen LogP contribution >= 0.6 is 0 Å². The molecule has 1 aromatic carbocycles. The SMILES string of the molecule is CC[C@H]1CC[C@@H](C)N(C(=O)c2ccc(CS(=O)(=O)C(F)F)cc2)C1. The molecule has 1 aromatic rings. The number of sulfone groups is 1. The van der Waals surface area contributed by atoms with Gasteiger partial charge < -0.3 is 4.90 Å². The van der Waals surface area contributed by atoms with Crippen molar-refractivity contribution < 1.29 is 22.0 Å². The molecule has 0 bridgehead atoms. The summed E-state index contributed by atoms with van der Waals surface area (Å²) in [6.07, 6.45) is 3.11. The van der Waals surface area contributed by atoms with Crippen LogP contribution in [0.5, 0.6) is 0 Å². The molecule has 1 aliphatic rings. The normalized spacial score (nSPS) is 22.0. The lowest BCUT2D eigenvalue weighted by Crippen LogP contribution is -2.45. The highest BCUT2D eigenvalue weighted by molar-refractivity contribution is 7.90. The summed E-state index contributed by atoms with van der Waals surface area (Å²) < 4.78 is 47.3. The lowest BCUT2D eigenvalue weighted by molar-refractivity contribution is 0.0556. The van der Waals surface area contributed by atoms with E-state index in [2.05, 4.69) is 6.92 Å². The number of benzene rings is 1. The number of carbonyl (C=O) groups is 1. The first kappa shape index (κ1) is 18.8. The second kappa shape index (κ2) is 7.59. The van der Waals surface area contributed by atoms with Gasteiger partial charge in [-0.25, -0.2) is 8.42 Å². The molecule has 1 saturated heterocycles. The molecular formula is C17H23F2NO3S. The predicted molar refractivity (Wildman–Crippen MR) is 88.6 cm³/mol. The van der Waals surface area contributed by atoms with Gasteiger partial charge in [-0.15, -0.1) is 0 Å². The van der Waals surface area contributed by atoms with E-state index in [1.807, 2.05) is 11.8 Å². The average Bonchev–Trinajstić information content (AvgIpc) is 2.55. The van der Waals surface area contributed by atoms with Crippen molar-refractivity contribution in [3.63, 3.8) is 0 Å². The molecule has 2 rings (SSSR count). The summed E-state index contributed by atoms with van der Waals surface area (Å²) in [5, 5.41) is 0. The molecule has 2 atom stereocenters. The van der Waals surface area contributed by atoms with E-state index >= 15 is 0 Å². The Balaban J connectivity index is 2.11. The minimum atomic E-state index is -4.45. The third kappa shape index (κ3) is 4.32. The van der Waals surface area contributed by atoms with Gasteiger partial charge in [-0.3, -0.25) is 4.79 Å². The van der Waals surface area contributed by atoms with Crippen molar-refractivity contribution >= 4 is 15.7 Å². The van der Waals surface area contributed by atoms with Crippen LogP contribution in [0.1, 0.15) is 49.0 Å². The van der Waals surface area contributed by atoms with Crippen LogP contribution in [0.15, 0.2) is 24.3 Å². The average molecular weight is 359 g/mol. The van der Waals surface area contributed by atoms with Crippen molar-refractivity contribution in [3.8, 4) is 0 Å². The van der Waals surface area contributed by atoms with Crippen molar-refractivity contribution in [3.05, 3.63) is 35.4 Å². The van der Waals surface area contributed by atoms with Crippen LogP contribution in [-0.4, -0.2) is 37.6 Å². The minimum Gasteiger partial charge on any atom is -0.336 e. The molecule has 0 aromatic heterocycles. The van der Waals surface area contributed by atoms with Crippen LogP contribution in [0.2, 0.25) is 0 Å². The summed E-state index contributed by atoms with van der Waals surface area (Å²) in [4.78, 5) is 14.5. The molecule has 0 spiro atoms. The van der Waals surface area contributed by atoms with Gasteiger partial charge in [-0.1, -0.05) is 25.5 Å². The van der Waals surface area contributed by atoms with E-state index in [4.69, 9.17) is 0 Å². The maximum absolute atomic E-state index is 12.7. The van der Waals surface area contributed by atoms with Gasteiger partial charge in [0.15, 0.2) is 0 Å². The Morgan fingerprint density at radius 3 is 2.42 bits per heavy atom. The smallest absolute Gasteiger partial charge is 0.336 e. The van der Waals surface area contributed by atoms with E-state index in [0.717, 1.165) is 25.8 Å². The quantitative estimate of drug-likeness (QED) is 0.809. The Morgan fingerprint density at radius 2 is 1.88 bits per heavy atom. The van der Waals surface area contributed by atoms with Gasteiger partial charge in [0.05, 0.1) is 5.75 Å². The summed E-state index contributed by atoms with van der Waals surface area (Å²) in [6.45, 7) is 4.85. The number of nitrogens with zero attached hydrogens (tertiary/aromatic N) is 1. The number of rotatable bonds is 5. The topological polar surface area (TPSA) is 54.5 Å². The lowest BCUT2D eigenvalue weighted by atomic mass is 9.91. The summed E-state index contributed by atoms with van der Waals surface area (Å²) in [7, 11) is -4.45. The molecule has 0 unspecified atom stereocenters. The van der Waals surface area contributed by atoms with E-state index < -0.39 is 21.3 Å². The van der Waals surface area contributed by atoms with Gasteiger partial charge >= 0.3 is 5.76 Å². The molecule has 24 heavy (non-hydrogen) atoms. The Hall–Kier alpha value is -1.50. The van der Waals surface area contributed by atoms with Crippen LogP contribution in [0, 0.1) is 5.92 Å². The number of piperidine rings is 1. The first-order valence-corrected chi connectivity index (χ1v) is 9.85. The van der Waals surface area contributed by atoms with Gasteiger partial charge in [0.2, 0.25) is 9.84 Å². The molecule has 1 aliphatic heterocycles. The molecule has 134 valence electrons. The number of carbonyl (C=O) groups excluding carboxylic acids is 1. The highest BCUT2D eigenvalue weighted by Crippen LogP contribution is 2.25. The molecule has 0 radical (unpaired) electrons. The van der Waals surface area contributed by atoms with Crippen LogP contribution in [-0.2, 0) is 15.6 Å². The standard InChI is InChI=1S/C17H23F2NO3S/c1-3-13-5-4-12(2)20(10-13)16(21)15-8-6-14(7-9-15)11-24(22,23)17(18)19/h6-9,12-13,17H,3-5,10-11H2,1-2H3/t12-,13+/m1/s1. The molecule has 4 nitrogen and oxygen atoms in total. The second-order valence-corrected chi connectivity index (χ2v) is 8.39. The molecule has 1 fully saturated rings. The van der Waals surface area contributed by atoms with Crippen molar-refractivity contribution in [2.45, 2.75) is 50.7 Å². The fourth-order valence-corrected chi connectivity index (χ4v) is 3.79. The Morgan fingerprint density at radius 1 is 1.25 bits per heavy atom. The highest BCUT2D eigenvalue weighted by Gasteiger charge is 2.29. The Labute approximate surface area is 141 Å². The summed E-state index contributed by atoms with van der Waals surface area (Å²) in [6, 6.07) is 6.05. The summed E-state index contributed by atoms with van der Waals surface area (Å²) in [5.41, 5.74) is 0.710. The third-order valence-electron chi connectivity index (χ3n) is 4.66. The zero-order valence-corrected chi connectivity index (χ0v) is 14.7. The monoisotopic (exact) mass is 359 g/mol. The van der Waals surface area contributed by atoms with Gasteiger partial charge in [-0.05, 0) is 43.4 Å². The fraction of sp³-hybridized carbons (Fsp3) is 0.588. The molecule has 0 N–H and O–H groups in total. The molecule has 0 saturated carbocycles. The number of hydrogen-bond acceptors (Lipinski definition) is 3. The minimum absolute atomic E-state index is 0.0936. The number of hydrogen-bond donors (Lipinski definition) is 0. The number of halogens is 2.